The molecule has 0 aliphatic rings. The van der Waals surface area contributed by atoms with E-state index >= 15 is 0 Å². The largest absolute Gasteiger partial charge is 0.483 e. The Bertz CT molecular complexity index is 1070. The number of H-pyrrole nitrogens is 1. The van der Waals surface area contributed by atoms with Gasteiger partial charge in [-0.1, -0.05) is 23.7 Å². The summed E-state index contributed by atoms with van der Waals surface area (Å²) in [6.45, 7) is 1.64. The molecule has 2 N–H and O–H groups in total. The molecular weight excluding hydrogens is 380 g/mol. The van der Waals surface area contributed by atoms with Gasteiger partial charge in [0, 0.05) is 28.5 Å². The van der Waals surface area contributed by atoms with Gasteiger partial charge in [-0.15, -0.1) is 0 Å². The van der Waals surface area contributed by atoms with Crippen molar-refractivity contribution in [3.8, 4) is 5.75 Å². The Labute approximate surface area is 166 Å². The van der Waals surface area contributed by atoms with E-state index in [1.54, 1.807) is 42.5 Å². The minimum atomic E-state index is -0.478. The number of ketones is 1. The molecule has 0 aliphatic heterocycles. The molecule has 1 aromatic heterocycles. The number of nitrogens with one attached hydrogen (secondary N) is 2. The monoisotopic (exact) mass is 396 g/mol. The molecular formula is C21H17ClN2O4. The SMILES string of the molecule is CC(=O)c1ccc(NC(=O)c2cc(=O)c(OCc3cccc(Cl)c3)c[nH]2)cc1. The van der Waals surface area contributed by atoms with Gasteiger partial charge in [0.05, 0.1) is 0 Å². The van der Waals surface area contributed by atoms with Gasteiger partial charge in [0.25, 0.3) is 5.91 Å². The van der Waals surface area contributed by atoms with Crippen LogP contribution in [0.25, 0.3) is 0 Å². The third-order valence-electron chi connectivity index (χ3n) is 3.95. The molecule has 0 fully saturated rings. The number of hydrogen-bond donors (Lipinski definition) is 2. The molecule has 28 heavy (non-hydrogen) atoms. The number of carbonyl (C=O) groups is 2. The zero-order chi connectivity index (χ0) is 20.1. The van der Waals surface area contributed by atoms with Gasteiger partial charge >= 0.3 is 0 Å². The molecule has 0 radical (unpaired) electrons. The lowest BCUT2D eigenvalue weighted by molar-refractivity contribution is 0.101. The van der Waals surface area contributed by atoms with E-state index in [2.05, 4.69) is 10.3 Å². The van der Waals surface area contributed by atoms with Crippen LogP contribution in [0.15, 0.2) is 65.6 Å². The molecule has 0 saturated heterocycles. The Hall–Kier alpha value is -3.38. The summed E-state index contributed by atoms with van der Waals surface area (Å²) in [4.78, 5) is 38.6. The highest BCUT2D eigenvalue weighted by molar-refractivity contribution is 6.30. The van der Waals surface area contributed by atoms with Crippen LogP contribution in [0, 0.1) is 0 Å². The summed E-state index contributed by atoms with van der Waals surface area (Å²) < 4.78 is 5.50. The maximum Gasteiger partial charge on any atom is 0.272 e. The van der Waals surface area contributed by atoms with Gasteiger partial charge in [0.2, 0.25) is 5.43 Å². The van der Waals surface area contributed by atoms with Gasteiger partial charge in [0.1, 0.15) is 12.3 Å². The lowest BCUT2D eigenvalue weighted by atomic mass is 10.1. The first kappa shape index (κ1) is 19.4. The number of anilines is 1. The van der Waals surface area contributed by atoms with Crippen LogP contribution in [0.2, 0.25) is 5.02 Å². The molecule has 6 nitrogen and oxygen atoms in total. The van der Waals surface area contributed by atoms with Crippen LogP contribution in [-0.2, 0) is 6.61 Å². The first-order chi connectivity index (χ1) is 13.4. The average Bonchev–Trinajstić information content (AvgIpc) is 2.67. The minimum Gasteiger partial charge on any atom is -0.483 e. The maximum atomic E-state index is 12.3. The van der Waals surface area contributed by atoms with E-state index in [0.29, 0.717) is 16.3 Å². The highest BCUT2D eigenvalue weighted by atomic mass is 35.5. The van der Waals surface area contributed by atoms with Crippen molar-refractivity contribution in [1.29, 1.82) is 0 Å². The van der Waals surface area contributed by atoms with Crippen molar-refractivity contribution in [3.63, 3.8) is 0 Å². The highest BCUT2D eigenvalue weighted by Gasteiger charge is 2.11. The number of benzene rings is 2. The van der Waals surface area contributed by atoms with Gasteiger partial charge in [0.15, 0.2) is 11.5 Å². The zero-order valence-electron chi connectivity index (χ0n) is 15.0. The van der Waals surface area contributed by atoms with Crippen molar-refractivity contribution < 1.29 is 14.3 Å². The molecule has 0 aliphatic carbocycles. The van der Waals surface area contributed by atoms with Gasteiger partial charge in [-0.05, 0) is 48.9 Å². The van der Waals surface area contributed by atoms with Crippen LogP contribution >= 0.6 is 11.6 Å². The molecule has 7 heteroatoms. The second-order valence-electron chi connectivity index (χ2n) is 6.08. The Balaban J connectivity index is 1.66. The second-order valence-corrected chi connectivity index (χ2v) is 6.52. The smallest absolute Gasteiger partial charge is 0.272 e. The predicted octanol–water partition coefficient (Wildman–Crippen LogP) is 4.06. The Morgan fingerprint density at radius 3 is 2.50 bits per heavy atom. The van der Waals surface area contributed by atoms with E-state index in [-0.39, 0.29) is 23.8 Å². The fourth-order valence-corrected chi connectivity index (χ4v) is 2.69. The van der Waals surface area contributed by atoms with Crippen LogP contribution in [0.1, 0.15) is 33.3 Å². The van der Waals surface area contributed by atoms with E-state index in [4.69, 9.17) is 16.3 Å². The maximum absolute atomic E-state index is 12.3. The Morgan fingerprint density at radius 1 is 1.11 bits per heavy atom. The molecule has 0 spiro atoms. The van der Waals surface area contributed by atoms with Crippen molar-refractivity contribution in [2.45, 2.75) is 13.5 Å². The first-order valence-electron chi connectivity index (χ1n) is 8.45. The standard InChI is InChI=1S/C21H17ClN2O4/c1-13(25)15-5-7-17(8-6-15)24-21(27)18-10-19(26)20(11-23-18)28-12-14-3-2-4-16(22)9-14/h2-11H,12H2,1H3,(H,23,26)(H,24,27). The van der Waals surface area contributed by atoms with Gasteiger partial charge in [-0.25, -0.2) is 0 Å². The minimum absolute atomic E-state index is 0.0597. The number of rotatable bonds is 6. The van der Waals surface area contributed by atoms with Gasteiger partial charge < -0.3 is 15.0 Å². The number of amides is 1. The van der Waals surface area contributed by atoms with Crippen molar-refractivity contribution in [3.05, 3.63) is 92.9 Å². The summed E-state index contributed by atoms with van der Waals surface area (Å²) in [7, 11) is 0. The number of Topliss-reactive ketones (excluding diaryl/α,β-unsaturated/α-hetero) is 1. The molecule has 0 bridgehead atoms. The summed E-state index contributed by atoms with van der Waals surface area (Å²) in [6.07, 6.45) is 1.35. The van der Waals surface area contributed by atoms with E-state index in [9.17, 15) is 14.4 Å². The molecule has 3 aromatic rings. The average molecular weight is 397 g/mol. The van der Waals surface area contributed by atoms with Gasteiger partial charge in [-0.2, -0.15) is 0 Å². The fraction of sp³-hybridized carbons (Fsp3) is 0.0952. The molecule has 0 saturated carbocycles. The lowest BCUT2D eigenvalue weighted by Crippen LogP contribution is -2.17. The molecule has 142 valence electrons. The predicted molar refractivity (Wildman–Crippen MR) is 107 cm³/mol. The topological polar surface area (TPSA) is 88.3 Å². The number of pyridine rings is 1. The van der Waals surface area contributed by atoms with E-state index in [0.717, 1.165) is 5.56 Å². The quantitative estimate of drug-likeness (QED) is 0.615. The number of carbonyl (C=O) groups excluding carboxylic acids is 2. The van der Waals surface area contributed by atoms with E-state index in [1.807, 2.05) is 6.07 Å². The summed E-state index contributed by atoms with van der Waals surface area (Å²) in [5, 5.41) is 3.24. The lowest BCUT2D eigenvalue weighted by Gasteiger charge is -2.08. The Morgan fingerprint density at radius 2 is 1.86 bits per heavy atom. The third-order valence-corrected chi connectivity index (χ3v) is 4.19. The van der Waals surface area contributed by atoms with E-state index < -0.39 is 11.3 Å². The van der Waals surface area contributed by atoms with E-state index in [1.165, 1.54) is 19.2 Å². The van der Waals surface area contributed by atoms with Crippen LogP contribution in [-0.4, -0.2) is 16.7 Å². The Kier molecular flexibility index (Phi) is 5.91. The van der Waals surface area contributed by atoms with Crippen molar-refractivity contribution in [2.24, 2.45) is 0 Å². The van der Waals surface area contributed by atoms with Crippen LogP contribution in [0.5, 0.6) is 5.75 Å². The molecule has 2 aromatic carbocycles. The molecule has 1 amide bonds. The number of aromatic amines is 1. The van der Waals surface area contributed by atoms with Crippen LogP contribution < -0.4 is 15.5 Å². The summed E-state index contributed by atoms with van der Waals surface area (Å²) in [5.74, 6) is -0.438. The van der Waals surface area contributed by atoms with Crippen molar-refractivity contribution in [1.82, 2.24) is 4.98 Å². The normalized spacial score (nSPS) is 10.4. The van der Waals surface area contributed by atoms with Crippen molar-refractivity contribution in [2.75, 3.05) is 5.32 Å². The number of hydrogen-bond acceptors (Lipinski definition) is 4. The summed E-state index contributed by atoms with van der Waals surface area (Å²) in [6, 6.07) is 14.8. The zero-order valence-corrected chi connectivity index (χ0v) is 15.7. The molecule has 0 unspecified atom stereocenters. The highest BCUT2D eigenvalue weighted by Crippen LogP contribution is 2.14. The fourth-order valence-electron chi connectivity index (χ4n) is 2.48. The van der Waals surface area contributed by atoms with Gasteiger partial charge in [-0.3, -0.25) is 14.4 Å². The summed E-state index contributed by atoms with van der Waals surface area (Å²) in [5.41, 5.74) is 1.56. The number of aromatic nitrogens is 1. The second kappa shape index (κ2) is 8.54. The van der Waals surface area contributed by atoms with Crippen LogP contribution in [0.4, 0.5) is 5.69 Å². The molecule has 3 rings (SSSR count). The van der Waals surface area contributed by atoms with Crippen LogP contribution in [0.3, 0.4) is 0 Å². The third kappa shape index (κ3) is 4.86. The number of ether oxygens (including phenoxy) is 1. The summed E-state index contributed by atoms with van der Waals surface area (Å²) >= 11 is 5.92. The molecule has 1 heterocycles. The first-order valence-corrected chi connectivity index (χ1v) is 8.82. The van der Waals surface area contributed by atoms with Crippen molar-refractivity contribution >= 4 is 29.0 Å². The number of halogens is 1. The molecule has 0 atom stereocenters.